The monoisotopic (exact) mass is 588 g/mol. The van der Waals surface area contributed by atoms with E-state index in [1.807, 2.05) is 125 Å². The maximum Gasteiger partial charge on any atom is 0.0889 e. The van der Waals surface area contributed by atoms with E-state index < -0.39 is 0 Å². The minimum absolute atomic E-state index is 0.688. The Morgan fingerprint density at radius 1 is 0.405 bits per heavy atom. The fourth-order valence-corrected chi connectivity index (χ4v) is 4.91. The first-order chi connectivity index (χ1) is 20.3. The highest BCUT2D eigenvalue weighted by Crippen LogP contribution is 2.12. The molecule has 42 heavy (non-hydrogen) atoms. The molecule has 0 aliphatic rings. The van der Waals surface area contributed by atoms with Gasteiger partial charge in [-0.05, 0) is 99.5 Å². The minimum atomic E-state index is 0.688. The maximum atomic E-state index is 6.16. The Bertz CT molecular complexity index is 1790. The summed E-state index contributed by atoms with van der Waals surface area (Å²) in [6.07, 6.45) is 4.17. The van der Waals surface area contributed by atoms with Crippen LogP contribution in [0.1, 0.15) is 33.9 Å². The van der Waals surface area contributed by atoms with Crippen molar-refractivity contribution in [3.8, 4) is 0 Å². The second-order valence-electron chi connectivity index (χ2n) is 9.99. The molecule has 5 aromatic rings. The van der Waals surface area contributed by atoms with Crippen molar-refractivity contribution in [2.24, 2.45) is 0 Å². The van der Waals surface area contributed by atoms with E-state index in [0.717, 1.165) is 66.4 Å². The number of aryl methyl sites for hydroxylation is 4. The van der Waals surface area contributed by atoms with Crippen LogP contribution in [0, 0.1) is 27.7 Å². The zero-order chi connectivity index (χ0) is 29.6. The van der Waals surface area contributed by atoms with Crippen LogP contribution in [0.2, 0.25) is 10.0 Å². The van der Waals surface area contributed by atoms with Crippen molar-refractivity contribution < 1.29 is 0 Å². The molecule has 0 amide bonds. The first-order valence-corrected chi connectivity index (χ1v) is 14.4. The number of rotatable bonds is 2. The van der Waals surface area contributed by atoms with Gasteiger partial charge in [0.15, 0.2) is 0 Å². The van der Waals surface area contributed by atoms with Gasteiger partial charge in [0.05, 0.1) is 22.1 Å². The van der Waals surface area contributed by atoms with E-state index in [1.165, 1.54) is 0 Å². The SMILES string of the molecule is Cc1nc2ccccc2nc(C)c(=Cc2ccc(Cl)cc2)c(C)nc2ccccc2nc(C)c1=Cc1ccc(Cl)cc1. The average molecular weight is 590 g/mol. The lowest BCUT2D eigenvalue weighted by Crippen LogP contribution is -2.13. The van der Waals surface area contributed by atoms with Crippen LogP contribution in [0.3, 0.4) is 0 Å². The lowest BCUT2D eigenvalue weighted by Gasteiger charge is -2.02. The van der Waals surface area contributed by atoms with Crippen LogP contribution in [0.4, 0.5) is 0 Å². The molecule has 208 valence electrons. The lowest BCUT2D eigenvalue weighted by atomic mass is 10.1. The Morgan fingerprint density at radius 2 is 0.667 bits per heavy atom. The van der Waals surface area contributed by atoms with Crippen molar-refractivity contribution in [1.82, 2.24) is 19.9 Å². The van der Waals surface area contributed by atoms with Gasteiger partial charge >= 0.3 is 0 Å². The summed E-state index contributed by atoms with van der Waals surface area (Å²) in [6.45, 7) is 8.00. The second-order valence-corrected chi connectivity index (χ2v) is 10.9. The minimum Gasteiger partial charge on any atom is -0.251 e. The molecule has 0 unspecified atom stereocenters. The van der Waals surface area contributed by atoms with E-state index >= 15 is 0 Å². The number of para-hydroxylation sites is 4. The molecule has 0 saturated carbocycles. The lowest BCUT2D eigenvalue weighted by molar-refractivity contribution is 1.13. The van der Waals surface area contributed by atoms with Gasteiger partial charge in [0.1, 0.15) is 0 Å². The predicted molar refractivity (Wildman–Crippen MR) is 176 cm³/mol. The van der Waals surface area contributed by atoms with Crippen molar-refractivity contribution in [2.75, 3.05) is 0 Å². The molecule has 0 aliphatic heterocycles. The Balaban J connectivity index is 1.98. The van der Waals surface area contributed by atoms with Crippen LogP contribution in [-0.2, 0) is 0 Å². The maximum absolute atomic E-state index is 6.16. The number of aromatic nitrogens is 4. The van der Waals surface area contributed by atoms with Gasteiger partial charge in [-0.1, -0.05) is 71.7 Å². The van der Waals surface area contributed by atoms with E-state index in [-0.39, 0.29) is 0 Å². The molecule has 4 aromatic carbocycles. The summed E-state index contributed by atoms with van der Waals surface area (Å²) in [5.41, 5.74) is 8.33. The molecule has 5 rings (SSSR count). The third-order valence-corrected chi connectivity index (χ3v) is 7.34. The highest BCUT2D eigenvalue weighted by atomic mass is 35.5. The smallest absolute Gasteiger partial charge is 0.0889 e. The fraction of sp³-hybridized carbons (Fsp3) is 0.111. The van der Waals surface area contributed by atoms with E-state index in [0.29, 0.717) is 10.0 Å². The Morgan fingerprint density at radius 3 is 0.929 bits per heavy atom. The molecular formula is C36H30Cl2N4. The fourth-order valence-electron chi connectivity index (χ4n) is 4.66. The van der Waals surface area contributed by atoms with Crippen molar-refractivity contribution in [2.45, 2.75) is 27.7 Å². The highest BCUT2D eigenvalue weighted by molar-refractivity contribution is 6.30. The summed E-state index contributed by atoms with van der Waals surface area (Å²) in [6, 6.07) is 31.3. The van der Waals surface area contributed by atoms with Crippen LogP contribution in [0.15, 0.2) is 97.1 Å². The second kappa shape index (κ2) is 13.1. The van der Waals surface area contributed by atoms with E-state index in [2.05, 4.69) is 12.2 Å². The summed E-state index contributed by atoms with van der Waals surface area (Å²) in [5, 5.41) is 3.19. The van der Waals surface area contributed by atoms with E-state index in [4.69, 9.17) is 43.1 Å². The highest BCUT2D eigenvalue weighted by Gasteiger charge is 2.02. The summed E-state index contributed by atoms with van der Waals surface area (Å²) in [7, 11) is 0. The third kappa shape index (κ3) is 7.09. The first kappa shape index (κ1) is 29.1. The molecular weight excluding hydrogens is 559 g/mol. The molecule has 0 aliphatic carbocycles. The molecule has 0 N–H and O–H groups in total. The zero-order valence-electron chi connectivity index (χ0n) is 23.9. The van der Waals surface area contributed by atoms with Crippen LogP contribution < -0.4 is 10.4 Å². The standard InChI is InChI=1S/C36H30Cl2N4/c1-23-31(21-27-13-17-29(37)18-14-27)24(2)40-35-11-7-8-12-36(35)42-26(4)32(22-28-15-19-30(38)20-16-28)25(3)41-34-10-6-5-9-33(34)39-23/h5-22H,1-4H3. The largest absolute Gasteiger partial charge is 0.251 e. The van der Waals surface area contributed by atoms with Gasteiger partial charge in [0, 0.05) is 43.3 Å². The number of nitrogens with zero attached hydrogens (tertiary/aromatic N) is 4. The van der Waals surface area contributed by atoms with Gasteiger partial charge in [-0.25, -0.2) is 0 Å². The third-order valence-electron chi connectivity index (χ3n) is 6.84. The number of hydrogen-bond acceptors (Lipinski definition) is 4. The van der Waals surface area contributed by atoms with Crippen molar-refractivity contribution in [3.63, 3.8) is 0 Å². The quantitative estimate of drug-likeness (QED) is 0.209. The zero-order valence-corrected chi connectivity index (χ0v) is 25.4. The topological polar surface area (TPSA) is 51.6 Å². The molecule has 0 bridgehead atoms. The Hall–Kier alpha value is -4.38. The van der Waals surface area contributed by atoms with Crippen molar-refractivity contribution in [3.05, 3.63) is 151 Å². The van der Waals surface area contributed by atoms with E-state index in [9.17, 15) is 0 Å². The Labute approximate surface area is 255 Å². The number of benzene rings is 4. The van der Waals surface area contributed by atoms with Gasteiger partial charge in [0.25, 0.3) is 0 Å². The molecule has 0 spiro atoms. The van der Waals surface area contributed by atoms with Gasteiger partial charge in [-0.2, -0.15) is 0 Å². The van der Waals surface area contributed by atoms with Gasteiger partial charge in [-0.15, -0.1) is 0 Å². The molecule has 0 fully saturated rings. The number of fused-ring (bicyclic) bond motifs is 2. The summed E-state index contributed by atoms with van der Waals surface area (Å²) in [4.78, 5) is 20.3. The summed E-state index contributed by atoms with van der Waals surface area (Å²) >= 11 is 12.3. The average Bonchev–Trinajstić information content (AvgIpc) is 2.97. The molecule has 1 heterocycles. The molecule has 1 aromatic heterocycles. The van der Waals surface area contributed by atoms with Crippen LogP contribution in [-0.4, -0.2) is 19.9 Å². The van der Waals surface area contributed by atoms with Crippen molar-refractivity contribution >= 4 is 57.4 Å². The normalized spacial score (nSPS) is 10.6. The summed E-state index contributed by atoms with van der Waals surface area (Å²) in [5.74, 6) is 0. The molecule has 6 heteroatoms. The van der Waals surface area contributed by atoms with Crippen molar-refractivity contribution in [1.29, 1.82) is 0 Å². The van der Waals surface area contributed by atoms with Gasteiger partial charge in [-0.3, -0.25) is 19.9 Å². The Kier molecular flexibility index (Phi) is 9.06. The number of hydrogen-bond donors (Lipinski definition) is 0. The molecule has 0 radical (unpaired) electrons. The molecule has 0 saturated heterocycles. The van der Waals surface area contributed by atoms with Gasteiger partial charge < -0.3 is 0 Å². The molecule has 0 atom stereocenters. The van der Waals surface area contributed by atoms with E-state index in [1.54, 1.807) is 0 Å². The summed E-state index contributed by atoms with van der Waals surface area (Å²) < 4.78 is 0. The van der Waals surface area contributed by atoms with Crippen LogP contribution in [0.5, 0.6) is 0 Å². The number of halogens is 2. The van der Waals surface area contributed by atoms with Gasteiger partial charge in [0.2, 0.25) is 0 Å². The van der Waals surface area contributed by atoms with Crippen LogP contribution in [0.25, 0.3) is 34.2 Å². The van der Waals surface area contributed by atoms with Crippen LogP contribution >= 0.6 is 23.2 Å². The predicted octanol–water partition coefficient (Wildman–Crippen LogP) is 8.02. The first-order valence-electron chi connectivity index (χ1n) is 13.6. The molecule has 4 nitrogen and oxygen atoms in total.